The Bertz CT molecular complexity index is 622. The van der Waals surface area contributed by atoms with E-state index in [1.807, 2.05) is 0 Å². The third-order valence-electron chi connectivity index (χ3n) is 3.04. The molecule has 1 aromatic heterocycles. The molecule has 20 heavy (non-hydrogen) atoms. The highest BCUT2D eigenvalue weighted by Gasteiger charge is 2.12. The molecule has 5 heteroatoms. The van der Waals surface area contributed by atoms with Gasteiger partial charge in [0.15, 0.2) is 0 Å². The number of nitrogens with one attached hydrogen (secondary N) is 1. The van der Waals surface area contributed by atoms with Crippen molar-refractivity contribution in [2.45, 2.75) is 19.9 Å². The number of nitrogens with two attached hydrogens (primary N) is 1. The molecule has 4 nitrogen and oxygen atoms in total. The molecule has 1 atom stereocenters. The fourth-order valence-electron chi connectivity index (χ4n) is 1.96. The number of methoxy groups -OCH3 is 1. The predicted molar refractivity (Wildman–Crippen MR) is 82.6 cm³/mol. The number of hydrogen-bond donors (Lipinski definition) is 2. The van der Waals surface area contributed by atoms with Crippen molar-refractivity contribution in [3.05, 3.63) is 45.6 Å². The number of anilines is 1. The number of aryl methyl sites for hydroxylation is 1. The molecule has 1 heterocycles. The van der Waals surface area contributed by atoms with E-state index in [-0.39, 0.29) is 6.04 Å². The van der Waals surface area contributed by atoms with Gasteiger partial charge in [0.2, 0.25) is 5.91 Å². The molecule has 0 aliphatic rings. The Balaban J connectivity index is 2.27. The molecule has 1 aromatic carbocycles. The molecule has 0 fully saturated rings. The minimum Gasteiger partial charge on any atom is -0.495 e. The monoisotopic (exact) mass is 290 g/mol. The van der Waals surface area contributed by atoms with Gasteiger partial charge in [-0.3, -0.25) is 4.79 Å². The van der Waals surface area contributed by atoms with E-state index in [1.165, 1.54) is 9.75 Å². The molecule has 2 aromatic rings. The van der Waals surface area contributed by atoms with E-state index in [1.54, 1.807) is 36.6 Å². The van der Waals surface area contributed by atoms with Crippen LogP contribution in [0.15, 0.2) is 30.3 Å². The highest BCUT2D eigenvalue weighted by Crippen LogP contribution is 2.31. The normalized spacial score (nSPS) is 11.9. The van der Waals surface area contributed by atoms with E-state index in [9.17, 15) is 4.79 Å². The molecule has 0 saturated heterocycles. The van der Waals surface area contributed by atoms with Gasteiger partial charge in [-0.2, -0.15) is 0 Å². The van der Waals surface area contributed by atoms with Crippen LogP contribution in [-0.2, 0) is 0 Å². The van der Waals surface area contributed by atoms with Crippen LogP contribution in [0.25, 0.3) is 0 Å². The summed E-state index contributed by atoms with van der Waals surface area (Å²) in [4.78, 5) is 13.8. The minimum absolute atomic E-state index is 0.130. The van der Waals surface area contributed by atoms with Crippen molar-refractivity contribution in [1.29, 1.82) is 0 Å². The van der Waals surface area contributed by atoms with Crippen LogP contribution < -0.4 is 15.8 Å². The minimum atomic E-state index is -0.449. The molecule has 0 aliphatic heterocycles. The van der Waals surface area contributed by atoms with Crippen molar-refractivity contribution in [1.82, 2.24) is 0 Å². The lowest BCUT2D eigenvalue weighted by molar-refractivity contribution is 0.100. The maximum Gasteiger partial charge on any atom is 0.248 e. The second-order valence-electron chi connectivity index (χ2n) is 4.59. The fourth-order valence-corrected chi connectivity index (χ4v) is 2.84. The first-order chi connectivity index (χ1) is 9.51. The first-order valence-electron chi connectivity index (χ1n) is 6.32. The van der Waals surface area contributed by atoms with Crippen molar-refractivity contribution < 1.29 is 9.53 Å². The van der Waals surface area contributed by atoms with Gasteiger partial charge in [0.25, 0.3) is 0 Å². The smallest absolute Gasteiger partial charge is 0.248 e. The Hall–Kier alpha value is -2.01. The van der Waals surface area contributed by atoms with Crippen LogP contribution in [-0.4, -0.2) is 13.0 Å². The zero-order valence-corrected chi connectivity index (χ0v) is 12.6. The molecule has 0 aliphatic carbocycles. The van der Waals surface area contributed by atoms with Crippen molar-refractivity contribution in [3.63, 3.8) is 0 Å². The number of ether oxygens (including phenoxy) is 1. The molecule has 1 unspecified atom stereocenters. The topological polar surface area (TPSA) is 64.3 Å². The standard InChI is InChI=1S/C15H18N2O2S/c1-9-4-7-14(20-9)10(2)17-12-8-11(15(16)18)5-6-13(12)19-3/h4-8,10,17H,1-3H3,(H2,16,18). The average Bonchev–Trinajstić information content (AvgIpc) is 2.85. The van der Waals surface area contributed by atoms with E-state index < -0.39 is 5.91 Å². The molecule has 1 amide bonds. The zero-order valence-electron chi connectivity index (χ0n) is 11.8. The summed E-state index contributed by atoms with van der Waals surface area (Å²) in [5.74, 6) is 0.241. The molecule has 0 spiro atoms. The van der Waals surface area contributed by atoms with Crippen molar-refractivity contribution in [2.24, 2.45) is 5.73 Å². The van der Waals surface area contributed by atoms with E-state index in [0.717, 1.165) is 5.69 Å². The summed E-state index contributed by atoms with van der Waals surface area (Å²) in [7, 11) is 1.60. The average molecular weight is 290 g/mol. The summed E-state index contributed by atoms with van der Waals surface area (Å²) in [6, 6.07) is 9.45. The molecule has 0 bridgehead atoms. The van der Waals surface area contributed by atoms with Crippen LogP contribution in [0.5, 0.6) is 5.75 Å². The van der Waals surface area contributed by atoms with Gasteiger partial charge in [0.05, 0.1) is 18.8 Å². The van der Waals surface area contributed by atoms with Crippen LogP contribution in [0.2, 0.25) is 0 Å². The number of benzene rings is 1. The molecule has 106 valence electrons. The van der Waals surface area contributed by atoms with Crippen LogP contribution in [0.3, 0.4) is 0 Å². The number of carbonyl (C=O) groups excluding carboxylic acids is 1. The van der Waals surface area contributed by atoms with Gasteiger partial charge in [-0.15, -0.1) is 11.3 Å². The Labute approximate surface area is 122 Å². The lowest BCUT2D eigenvalue weighted by atomic mass is 10.1. The SMILES string of the molecule is COc1ccc(C(N)=O)cc1NC(C)c1ccc(C)s1. The lowest BCUT2D eigenvalue weighted by Gasteiger charge is -2.17. The van der Waals surface area contributed by atoms with Gasteiger partial charge in [0.1, 0.15) is 5.75 Å². The largest absolute Gasteiger partial charge is 0.495 e. The molecular weight excluding hydrogens is 272 g/mol. The number of rotatable bonds is 5. The highest BCUT2D eigenvalue weighted by molar-refractivity contribution is 7.12. The second kappa shape index (κ2) is 5.96. The third-order valence-corrected chi connectivity index (χ3v) is 4.23. The summed E-state index contributed by atoms with van der Waals surface area (Å²) in [6.45, 7) is 4.15. The highest BCUT2D eigenvalue weighted by atomic mass is 32.1. The Kier molecular flexibility index (Phi) is 4.29. The zero-order chi connectivity index (χ0) is 14.7. The number of hydrogen-bond acceptors (Lipinski definition) is 4. The van der Waals surface area contributed by atoms with Crippen LogP contribution in [0.4, 0.5) is 5.69 Å². The molecule has 2 rings (SSSR count). The number of amides is 1. The maximum atomic E-state index is 11.3. The Morgan fingerprint density at radius 1 is 1.35 bits per heavy atom. The fraction of sp³-hybridized carbons (Fsp3) is 0.267. The number of primary amides is 1. The quantitative estimate of drug-likeness (QED) is 0.887. The Morgan fingerprint density at radius 3 is 2.65 bits per heavy atom. The summed E-state index contributed by atoms with van der Waals surface area (Å²) >= 11 is 1.74. The Morgan fingerprint density at radius 2 is 2.10 bits per heavy atom. The summed E-state index contributed by atoms with van der Waals surface area (Å²) in [5, 5.41) is 3.36. The number of carbonyl (C=O) groups is 1. The van der Waals surface area contributed by atoms with Gasteiger partial charge in [-0.05, 0) is 44.2 Å². The van der Waals surface area contributed by atoms with Crippen molar-refractivity contribution >= 4 is 22.9 Å². The van der Waals surface area contributed by atoms with Crippen molar-refractivity contribution in [3.8, 4) is 5.75 Å². The molecule has 0 radical (unpaired) electrons. The lowest BCUT2D eigenvalue weighted by Crippen LogP contribution is -2.12. The first kappa shape index (κ1) is 14.4. The summed E-state index contributed by atoms with van der Waals surface area (Å²) in [5.41, 5.74) is 6.54. The molecule has 0 saturated carbocycles. The van der Waals surface area contributed by atoms with E-state index in [4.69, 9.17) is 10.5 Å². The van der Waals surface area contributed by atoms with Crippen LogP contribution in [0.1, 0.15) is 33.1 Å². The van der Waals surface area contributed by atoms with E-state index in [2.05, 4.69) is 31.3 Å². The van der Waals surface area contributed by atoms with Crippen LogP contribution in [0, 0.1) is 6.92 Å². The van der Waals surface area contributed by atoms with Gasteiger partial charge in [0, 0.05) is 15.3 Å². The first-order valence-corrected chi connectivity index (χ1v) is 7.13. The molecular formula is C15H18N2O2S. The van der Waals surface area contributed by atoms with Gasteiger partial charge >= 0.3 is 0 Å². The summed E-state index contributed by atoms with van der Waals surface area (Å²) in [6.07, 6.45) is 0. The maximum absolute atomic E-state index is 11.3. The second-order valence-corrected chi connectivity index (χ2v) is 5.91. The van der Waals surface area contributed by atoms with Crippen LogP contribution >= 0.6 is 11.3 Å². The van der Waals surface area contributed by atoms with E-state index >= 15 is 0 Å². The predicted octanol–water partition coefficient (Wildman–Crippen LogP) is 3.34. The van der Waals surface area contributed by atoms with Gasteiger partial charge in [-0.1, -0.05) is 0 Å². The van der Waals surface area contributed by atoms with E-state index in [0.29, 0.717) is 11.3 Å². The third kappa shape index (κ3) is 3.11. The summed E-state index contributed by atoms with van der Waals surface area (Å²) < 4.78 is 5.31. The van der Waals surface area contributed by atoms with Gasteiger partial charge in [-0.25, -0.2) is 0 Å². The van der Waals surface area contributed by atoms with Gasteiger partial charge < -0.3 is 15.8 Å². The molecule has 3 N–H and O–H groups in total. The number of thiophene rings is 1. The van der Waals surface area contributed by atoms with Crippen molar-refractivity contribution in [2.75, 3.05) is 12.4 Å².